The molecule has 0 aliphatic carbocycles. The van der Waals surface area contributed by atoms with Crippen LogP contribution >= 0.6 is 23.2 Å². The first-order valence-corrected chi connectivity index (χ1v) is 8.31. The van der Waals surface area contributed by atoms with Crippen molar-refractivity contribution in [1.29, 1.82) is 0 Å². The average molecular weight is 352 g/mol. The molecule has 2 aromatic rings. The third-order valence-corrected chi connectivity index (χ3v) is 4.52. The molecule has 2 N–H and O–H groups in total. The molecule has 0 aromatic heterocycles. The largest absolute Gasteiger partial charge is 0.345 e. The van der Waals surface area contributed by atoms with E-state index in [0.717, 1.165) is 16.0 Å². The van der Waals surface area contributed by atoms with E-state index in [1.165, 1.54) is 0 Å². The van der Waals surface area contributed by atoms with Gasteiger partial charge in [0.25, 0.3) is 5.91 Å². The van der Waals surface area contributed by atoms with Gasteiger partial charge in [0, 0.05) is 5.56 Å². The van der Waals surface area contributed by atoms with Gasteiger partial charge in [-0.05, 0) is 18.6 Å². The molecule has 1 unspecified atom stereocenters. The summed E-state index contributed by atoms with van der Waals surface area (Å²) in [5.74, 6) is 0.0111. The summed E-state index contributed by atoms with van der Waals surface area (Å²) in [6.45, 7) is 3.00. The number of rotatable bonds is 6. The smallest absolute Gasteiger partial charge is 0.275 e. The van der Waals surface area contributed by atoms with E-state index in [0.29, 0.717) is 23.1 Å². The van der Waals surface area contributed by atoms with Gasteiger partial charge in [0.15, 0.2) is 6.54 Å². The van der Waals surface area contributed by atoms with Crippen LogP contribution in [0, 0.1) is 0 Å². The molecular weight excluding hydrogens is 331 g/mol. The molecule has 0 fully saturated rings. The van der Waals surface area contributed by atoms with Gasteiger partial charge in [-0.25, -0.2) is 0 Å². The number of benzene rings is 2. The fourth-order valence-corrected chi connectivity index (χ4v) is 2.85. The quantitative estimate of drug-likeness (QED) is 0.824. The molecular formula is C18H21Cl2N2O+. The van der Waals surface area contributed by atoms with Gasteiger partial charge >= 0.3 is 0 Å². The number of quaternary nitrogens is 1. The molecule has 1 amide bonds. The van der Waals surface area contributed by atoms with Crippen LogP contribution in [-0.2, 0) is 11.3 Å². The van der Waals surface area contributed by atoms with E-state index in [1.54, 1.807) is 6.07 Å². The van der Waals surface area contributed by atoms with Crippen molar-refractivity contribution >= 4 is 29.1 Å². The lowest BCUT2D eigenvalue weighted by Crippen LogP contribution is -3.08. The van der Waals surface area contributed by atoms with Gasteiger partial charge in [0.2, 0.25) is 0 Å². The fourth-order valence-electron chi connectivity index (χ4n) is 2.46. The zero-order chi connectivity index (χ0) is 16.8. The van der Waals surface area contributed by atoms with E-state index in [-0.39, 0.29) is 11.9 Å². The molecule has 0 aliphatic rings. The molecule has 0 spiro atoms. The highest BCUT2D eigenvalue weighted by atomic mass is 35.5. The van der Waals surface area contributed by atoms with E-state index in [2.05, 4.69) is 5.32 Å². The first kappa shape index (κ1) is 17.8. The lowest BCUT2D eigenvalue weighted by molar-refractivity contribution is -0.885. The number of carbonyl (C=O) groups is 1. The maximum absolute atomic E-state index is 12.2. The van der Waals surface area contributed by atoms with E-state index in [1.807, 2.05) is 56.4 Å². The van der Waals surface area contributed by atoms with E-state index in [4.69, 9.17) is 23.2 Å². The van der Waals surface area contributed by atoms with E-state index < -0.39 is 0 Å². The van der Waals surface area contributed by atoms with Crippen LogP contribution in [0.3, 0.4) is 0 Å². The molecule has 2 rings (SSSR count). The van der Waals surface area contributed by atoms with Crippen molar-refractivity contribution in [2.24, 2.45) is 0 Å². The Bertz CT molecular complexity index is 661. The average Bonchev–Trinajstić information content (AvgIpc) is 2.52. The van der Waals surface area contributed by atoms with Crippen LogP contribution < -0.4 is 10.2 Å². The first-order chi connectivity index (χ1) is 11.0. The summed E-state index contributed by atoms with van der Waals surface area (Å²) >= 11 is 12.2. The molecule has 2 atom stereocenters. The number of hydrogen-bond donors (Lipinski definition) is 2. The highest BCUT2D eigenvalue weighted by Crippen LogP contribution is 2.24. The van der Waals surface area contributed by atoms with Crippen molar-refractivity contribution in [3.8, 4) is 0 Å². The topological polar surface area (TPSA) is 33.5 Å². The van der Waals surface area contributed by atoms with Crippen molar-refractivity contribution in [3.63, 3.8) is 0 Å². The number of likely N-dealkylation sites (N-methyl/N-ethyl adjacent to an activating group) is 1. The van der Waals surface area contributed by atoms with Crippen molar-refractivity contribution in [3.05, 3.63) is 69.7 Å². The number of nitrogens with one attached hydrogen (secondary N) is 2. The van der Waals surface area contributed by atoms with Gasteiger partial charge in [-0.1, -0.05) is 65.7 Å². The number of amides is 1. The summed E-state index contributed by atoms with van der Waals surface area (Å²) in [7, 11) is 1.96. The Labute approximate surface area is 147 Å². The normalized spacial score (nSPS) is 13.4. The Balaban J connectivity index is 1.88. The Morgan fingerprint density at radius 2 is 1.83 bits per heavy atom. The van der Waals surface area contributed by atoms with Crippen molar-refractivity contribution in [2.75, 3.05) is 13.6 Å². The van der Waals surface area contributed by atoms with Crippen LogP contribution in [0.2, 0.25) is 10.0 Å². The second-order valence-electron chi connectivity index (χ2n) is 5.72. The molecule has 5 heteroatoms. The minimum Gasteiger partial charge on any atom is -0.345 e. The predicted molar refractivity (Wildman–Crippen MR) is 94.9 cm³/mol. The summed E-state index contributed by atoms with van der Waals surface area (Å²) in [5.41, 5.74) is 2.04. The van der Waals surface area contributed by atoms with Gasteiger partial charge in [-0.2, -0.15) is 0 Å². The zero-order valence-corrected chi connectivity index (χ0v) is 14.8. The van der Waals surface area contributed by atoms with Gasteiger partial charge in [-0.15, -0.1) is 0 Å². The third kappa shape index (κ3) is 5.24. The van der Waals surface area contributed by atoms with Crippen LogP contribution in [0.25, 0.3) is 0 Å². The highest BCUT2D eigenvalue weighted by molar-refractivity contribution is 6.42. The molecule has 0 saturated carbocycles. The minimum atomic E-state index is -0.00809. The first-order valence-electron chi connectivity index (χ1n) is 7.56. The summed E-state index contributed by atoms with van der Waals surface area (Å²) in [6.07, 6.45) is 0. The molecule has 0 aliphatic heterocycles. The van der Waals surface area contributed by atoms with Gasteiger partial charge in [-0.3, -0.25) is 4.79 Å². The third-order valence-electron chi connectivity index (χ3n) is 3.66. The second kappa shape index (κ2) is 8.34. The minimum absolute atomic E-state index is 0.00809. The number of carbonyl (C=O) groups excluding carboxylic acids is 1. The van der Waals surface area contributed by atoms with E-state index >= 15 is 0 Å². The van der Waals surface area contributed by atoms with Crippen molar-refractivity contribution in [2.45, 2.75) is 19.5 Å². The monoisotopic (exact) mass is 351 g/mol. The second-order valence-corrected chi connectivity index (χ2v) is 6.51. The predicted octanol–water partition coefficient (Wildman–Crippen LogP) is 2.89. The Kier molecular flexibility index (Phi) is 6.46. The number of hydrogen-bond acceptors (Lipinski definition) is 1. The molecule has 0 radical (unpaired) electrons. The Hall–Kier alpha value is -1.55. The maximum Gasteiger partial charge on any atom is 0.275 e. The molecule has 23 heavy (non-hydrogen) atoms. The summed E-state index contributed by atoms with van der Waals surface area (Å²) < 4.78 is 0. The van der Waals surface area contributed by atoms with Crippen molar-refractivity contribution in [1.82, 2.24) is 5.32 Å². The van der Waals surface area contributed by atoms with Crippen LogP contribution in [-0.4, -0.2) is 19.5 Å². The van der Waals surface area contributed by atoms with Crippen LogP contribution in [0.15, 0.2) is 48.5 Å². The highest BCUT2D eigenvalue weighted by Gasteiger charge is 2.15. The molecule has 0 saturated heterocycles. The summed E-state index contributed by atoms with van der Waals surface area (Å²) in [5, 5.41) is 4.12. The molecule has 122 valence electrons. The lowest BCUT2D eigenvalue weighted by Gasteiger charge is -2.18. The SMILES string of the molecule is C[C@@H](NC(=O)C[NH+](C)Cc1cccc(Cl)c1Cl)c1ccccc1. The lowest BCUT2D eigenvalue weighted by atomic mass is 10.1. The molecule has 2 aromatic carbocycles. The molecule has 0 bridgehead atoms. The van der Waals surface area contributed by atoms with Gasteiger partial charge in [0.1, 0.15) is 6.54 Å². The van der Waals surface area contributed by atoms with Crippen molar-refractivity contribution < 1.29 is 9.69 Å². The van der Waals surface area contributed by atoms with Crippen LogP contribution in [0.1, 0.15) is 24.1 Å². The summed E-state index contributed by atoms with van der Waals surface area (Å²) in [6, 6.07) is 15.5. The number of halogens is 2. The van der Waals surface area contributed by atoms with Gasteiger partial charge in [0.05, 0.1) is 23.1 Å². The standard InChI is InChI=1S/C18H20Cl2N2O/c1-13(14-7-4-3-5-8-14)21-17(23)12-22(2)11-15-9-6-10-16(19)18(15)20/h3-10,13H,11-12H2,1-2H3,(H,21,23)/p+1/t13-/m1/s1. The summed E-state index contributed by atoms with van der Waals surface area (Å²) in [4.78, 5) is 13.2. The van der Waals surface area contributed by atoms with Crippen LogP contribution in [0.4, 0.5) is 0 Å². The maximum atomic E-state index is 12.2. The zero-order valence-electron chi connectivity index (χ0n) is 13.3. The Morgan fingerprint density at radius 3 is 2.52 bits per heavy atom. The Morgan fingerprint density at radius 1 is 1.13 bits per heavy atom. The van der Waals surface area contributed by atoms with Gasteiger partial charge < -0.3 is 10.2 Å². The molecule has 3 nitrogen and oxygen atoms in total. The van der Waals surface area contributed by atoms with E-state index in [9.17, 15) is 4.79 Å². The van der Waals surface area contributed by atoms with Crippen LogP contribution in [0.5, 0.6) is 0 Å². The molecule has 0 heterocycles. The fraction of sp³-hybridized carbons (Fsp3) is 0.278.